The summed E-state index contributed by atoms with van der Waals surface area (Å²) in [6, 6.07) is 16.8. The molecule has 0 radical (unpaired) electrons. The van der Waals surface area contributed by atoms with Crippen molar-refractivity contribution in [2.45, 2.75) is 6.42 Å². The number of anilines is 2. The quantitative estimate of drug-likeness (QED) is 0.676. The number of rotatable bonds is 9. The predicted octanol–water partition coefficient (Wildman–Crippen LogP) is 2.07. The highest BCUT2D eigenvalue weighted by Crippen LogP contribution is 2.14. The number of methoxy groups -OCH3 is 1. The second kappa shape index (κ2) is 10.3. The van der Waals surface area contributed by atoms with Gasteiger partial charge in [-0.25, -0.2) is 0 Å². The number of amides is 2. The molecule has 0 atom stereocenters. The van der Waals surface area contributed by atoms with E-state index in [-0.39, 0.29) is 18.4 Å². The number of hydrogen-bond acceptors (Lipinski definition) is 4. The van der Waals surface area contributed by atoms with Crippen LogP contribution in [0.2, 0.25) is 0 Å². The maximum Gasteiger partial charge on any atom is 0.238 e. The second-order valence-corrected chi connectivity index (χ2v) is 5.88. The van der Waals surface area contributed by atoms with Crippen molar-refractivity contribution < 1.29 is 14.3 Å². The molecular weight excluding hydrogens is 330 g/mol. The largest absolute Gasteiger partial charge is 0.383 e. The minimum Gasteiger partial charge on any atom is -0.383 e. The van der Waals surface area contributed by atoms with E-state index in [1.807, 2.05) is 42.5 Å². The van der Waals surface area contributed by atoms with Crippen LogP contribution in [0.4, 0.5) is 11.4 Å². The van der Waals surface area contributed by atoms with Crippen LogP contribution in [0.3, 0.4) is 0 Å². The number of para-hydroxylation sites is 1. The Morgan fingerprint density at radius 1 is 1.04 bits per heavy atom. The van der Waals surface area contributed by atoms with Crippen molar-refractivity contribution in [3.63, 3.8) is 0 Å². The minimum atomic E-state index is -0.117. The van der Waals surface area contributed by atoms with Crippen LogP contribution in [0.25, 0.3) is 0 Å². The zero-order chi connectivity index (χ0) is 18.8. The lowest BCUT2D eigenvalue weighted by Gasteiger charge is -2.17. The standard InChI is InChI=1S/C20H25N3O3/c1-23(18-6-4-3-5-7-18)20(25)14-16-8-10-17(11-9-16)22-19(24)15-21-12-13-26-2/h3-11,21H,12-15H2,1-2H3,(H,22,24). The van der Waals surface area contributed by atoms with Gasteiger partial charge in [0.25, 0.3) is 0 Å². The monoisotopic (exact) mass is 355 g/mol. The molecule has 0 aliphatic rings. The van der Waals surface area contributed by atoms with E-state index in [1.54, 1.807) is 31.2 Å². The fraction of sp³-hybridized carbons (Fsp3) is 0.300. The van der Waals surface area contributed by atoms with Gasteiger partial charge < -0.3 is 20.3 Å². The molecule has 2 amide bonds. The van der Waals surface area contributed by atoms with Gasteiger partial charge in [0.15, 0.2) is 0 Å². The van der Waals surface area contributed by atoms with Crippen LogP contribution in [-0.4, -0.2) is 45.7 Å². The Labute approximate surface area is 154 Å². The van der Waals surface area contributed by atoms with E-state index in [0.717, 1.165) is 11.3 Å². The molecule has 0 fully saturated rings. The van der Waals surface area contributed by atoms with Crippen molar-refractivity contribution in [2.24, 2.45) is 0 Å². The summed E-state index contributed by atoms with van der Waals surface area (Å²) in [6.45, 7) is 1.42. The van der Waals surface area contributed by atoms with Crippen molar-refractivity contribution in [3.05, 3.63) is 60.2 Å². The van der Waals surface area contributed by atoms with Gasteiger partial charge in [0.05, 0.1) is 19.6 Å². The average molecular weight is 355 g/mol. The first-order valence-electron chi connectivity index (χ1n) is 8.50. The van der Waals surface area contributed by atoms with Gasteiger partial charge in [0, 0.05) is 32.1 Å². The summed E-state index contributed by atoms with van der Waals surface area (Å²) in [6.07, 6.45) is 0.304. The lowest BCUT2D eigenvalue weighted by atomic mass is 10.1. The van der Waals surface area contributed by atoms with Crippen LogP contribution < -0.4 is 15.5 Å². The summed E-state index contributed by atoms with van der Waals surface area (Å²) >= 11 is 0. The van der Waals surface area contributed by atoms with Crippen LogP contribution in [-0.2, 0) is 20.7 Å². The third-order valence-corrected chi connectivity index (χ3v) is 3.88. The van der Waals surface area contributed by atoms with Crippen LogP contribution in [0.5, 0.6) is 0 Å². The number of benzene rings is 2. The van der Waals surface area contributed by atoms with Crippen molar-refractivity contribution in [1.82, 2.24) is 5.32 Å². The Balaban J connectivity index is 1.83. The van der Waals surface area contributed by atoms with E-state index < -0.39 is 0 Å². The zero-order valence-corrected chi connectivity index (χ0v) is 15.2. The molecule has 6 nitrogen and oxygen atoms in total. The number of likely N-dealkylation sites (N-methyl/N-ethyl adjacent to an activating group) is 1. The first-order chi connectivity index (χ1) is 12.6. The van der Waals surface area contributed by atoms with Crippen LogP contribution in [0, 0.1) is 0 Å². The summed E-state index contributed by atoms with van der Waals surface area (Å²) in [7, 11) is 3.38. The van der Waals surface area contributed by atoms with Crippen molar-refractivity contribution in [1.29, 1.82) is 0 Å². The number of hydrogen-bond donors (Lipinski definition) is 2. The van der Waals surface area contributed by atoms with Crippen LogP contribution in [0.15, 0.2) is 54.6 Å². The summed E-state index contributed by atoms with van der Waals surface area (Å²) in [5.41, 5.74) is 2.47. The van der Waals surface area contributed by atoms with Crippen LogP contribution in [0.1, 0.15) is 5.56 Å². The van der Waals surface area contributed by atoms with Crippen LogP contribution >= 0.6 is 0 Å². The van der Waals surface area contributed by atoms with Gasteiger partial charge >= 0.3 is 0 Å². The third-order valence-electron chi connectivity index (χ3n) is 3.88. The molecule has 138 valence electrons. The molecule has 2 N–H and O–H groups in total. The van der Waals surface area contributed by atoms with E-state index in [2.05, 4.69) is 10.6 Å². The Morgan fingerprint density at radius 2 is 1.73 bits per heavy atom. The first-order valence-corrected chi connectivity index (χ1v) is 8.50. The van der Waals surface area contributed by atoms with Gasteiger partial charge in [-0.3, -0.25) is 9.59 Å². The van der Waals surface area contributed by atoms with Gasteiger partial charge in [0.2, 0.25) is 11.8 Å². The molecule has 2 aromatic carbocycles. The van der Waals surface area contributed by atoms with Crippen molar-refractivity contribution in [3.8, 4) is 0 Å². The van der Waals surface area contributed by atoms with E-state index in [9.17, 15) is 9.59 Å². The summed E-state index contributed by atoms with van der Waals surface area (Å²) in [5, 5.41) is 5.80. The topological polar surface area (TPSA) is 70.7 Å². The lowest BCUT2D eigenvalue weighted by Crippen LogP contribution is -2.30. The van der Waals surface area contributed by atoms with Gasteiger partial charge in [0.1, 0.15) is 0 Å². The van der Waals surface area contributed by atoms with Gasteiger partial charge in [-0.05, 0) is 29.8 Å². The second-order valence-electron chi connectivity index (χ2n) is 5.88. The minimum absolute atomic E-state index is 0.00956. The zero-order valence-electron chi connectivity index (χ0n) is 15.2. The predicted molar refractivity (Wildman–Crippen MR) is 103 cm³/mol. The first kappa shape index (κ1) is 19.6. The van der Waals surface area contributed by atoms with Gasteiger partial charge in [-0.1, -0.05) is 30.3 Å². The molecule has 6 heteroatoms. The Kier molecular flexibility index (Phi) is 7.79. The van der Waals surface area contributed by atoms with Gasteiger partial charge in [-0.2, -0.15) is 0 Å². The molecule has 0 saturated heterocycles. The SMILES string of the molecule is COCCNCC(=O)Nc1ccc(CC(=O)N(C)c2ccccc2)cc1. The maximum atomic E-state index is 12.4. The summed E-state index contributed by atoms with van der Waals surface area (Å²) in [5.74, 6) is -0.107. The fourth-order valence-electron chi connectivity index (χ4n) is 2.38. The highest BCUT2D eigenvalue weighted by atomic mass is 16.5. The average Bonchev–Trinajstić information content (AvgIpc) is 2.67. The molecule has 0 unspecified atom stereocenters. The van der Waals surface area contributed by atoms with Crippen molar-refractivity contribution in [2.75, 3.05) is 44.1 Å². The maximum absolute atomic E-state index is 12.4. The Hall–Kier alpha value is -2.70. The smallest absolute Gasteiger partial charge is 0.238 e. The molecule has 2 rings (SSSR count). The van der Waals surface area contributed by atoms with E-state index in [1.165, 1.54) is 0 Å². The number of ether oxygens (including phenoxy) is 1. The third kappa shape index (κ3) is 6.31. The molecule has 0 aromatic heterocycles. The van der Waals surface area contributed by atoms with E-state index >= 15 is 0 Å². The normalized spacial score (nSPS) is 10.4. The lowest BCUT2D eigenvalue weighted by molar-refractivity contribution is -0.118. The molecule has 0 aliphatic heterocycles. The summed E-state index contributed by atoms with van der Waals surface area (Å²) in [4.78, 5) is 25.8. The fourth-order valence-corrected chi connectivity index (χ4v) is 2.38. The Bertz CT molecular complexity index is 702. The highest BCUT2D eigenvalue weighted by Gasteiger charge is 2.11. The Morgan fingerprint density at radius 3 is 2.38 bits per heavy atom. The molecular formula is C20H25N3O3. The number of carbonyl (C=O) groups excluding carboxylic acids is 2. The van der Waals surface area contributed by atoms with Crippen molar-refractivity contribution >= 4 is 23.2 Å². The van der Waals surface area contributed by atoms with Gasteiger partial charge in [-0.15, -0.1) is 0 Å². The highest BCUT2D eigenvalue weighted by molar-refractivity contribution is 5.94. The number of nitrogens with one attached hydrogen (secondary N) is 2. The molecule has 0 aliphatic carbocycles. The van der Waals surface area contributed by atoms with E-state index in [0.29, 0.717) is 25.3 Å². The van der Waals surface area contributed by atoms with E-state index in [4.69, 9.17) is 4.74 Å². The molecule has 0 spiro atoms. The number of carbonyl (C=O) groups is 2. The molecule has 0 bridgehead atoms. The molecule has 2 aromatic rings. The summed E-state index contributed by atoms with van der Waals surface area (Å²) < 4.78 is 4.91. The molecule has 0 heterocycles. The number of nitrogens with zero attached hydrogens (tertiary/aromatic N) is 1. The molecule has 0 saturated carbocycles. The molecule has 26 heavy (non-hydrogen) atoms.